The summed E-state index contributed by atoms with van der Waals surface area (Å²) >= 11 is 6.30. The number of nitrogens with zero attached hydrogens (tertiary/aromatic N) is 4. The predicted octanol–water partition coefficient (Wildman–Crippen LogP) is 0.923. The number of rotatable bonds is 2. The summed E-state index contributed by atoms with van der Waals surface area (Å²) in [5.74, 6) is -0.985. The van der Waals surface area contributed by atoms with Crippen molar-refractivity contribution in [3.8, 4) is 0 Å². The van der Waals surface area contributed by atoms with Crippen molar-refractivity contribution in [2.24, 2.45) is 5.92 Å². The molecule has 8 nitrogen and oxygen atoms in total. The van der Waals surface area contributed by atoms with Gasteiger partial charge in [-0.15, -0.1) is 0 Å². The lowest BCUT2D eigenvalue weighted by Gasteiger charge is -2.45. The summed E-state index contributed by atoms with van der Waals surface area (Å²) in [5.41, 5.74) is 5.68. The summed E-state index contributed by atoms with van der Waals surface area (Å²) in [5, 5.41) is 9.97. The van der Waals surface area contributed by atoms with E-state index in [0.29, 0.717) is 42.5 Å². The van der Waals surface area contributed by atoms with Gasteiger partial charge in [-0.3, -0.25) is 9.59 Å². The van der Waals surface area contributed by atoms with E-state index in [-0.39, 0.29) is 18.3 Å². The molecule has 1 spiro atoms. The van der Waals surface area contributed by atoms with E-state index in [4.69, 9.17) is 17.3 Å². The van der Waals surface area contributed by atoms with Gasteiger partial charge in [-0.05, 0) is 19.8 Å². The van der Waals surface area contributed by atoms with Crippen molar-refractivity contribution in [2.75, 3.05) is 30.8 Å². The van der Waals surface area contributed by atoms with Crippen LogP contribution in [0.15, 0.2) is 0 Å². The van der Waals surface area contributed by atoms with Crippen LogP contribution < -0.4 is 10.6 Å². The summed E-state index contributed by atoms with van der Waals surface area (Å²) in [4.78, 5) is 35.5. The van der Waals surface area contributed by atoms with E-state index in [2.05, 4.69) is 9.97 Å². The van der Waals surface area contributed by atoms with Crippen LogP contribution in [0, 0.1) is 12.8 Å². The van der Waals surface area contributed by atoms with Gasteiger partial charge in [-0.25, -0.2) is 4.98 Å². The van der Waals surface area contributed by atoms with Crippen LogP contribution in [0.5, 0.6) is 0 Å². The molecule has 0 unspecified atom stereocenters. The molecule has 3 N–H and O–H groups in total. The SMILES string of the molecule is Cc1nc(N)nc(N2CCC3(CC2)[C@@H](C(=O)O)CC(=O)N3C)c1Cl. The molecular weight excluding hydrogens is 334 g/mol. The number of piperidine rings is 1. The Balaban J connectivity index is 1.85. The number of aromatic nitrogens is 2. The second kappa shape index (κ2) is 5.77. The predicted molar refractivity (Wildman–Crippen MR) is 88.9 cm³/mol. The number of nitrogens with two attached hydrogens (primary N) is 1. The van der Waals surface area contributed by atoms with Crippen LogP contribution in [0.3, 0.4) is 0 Å². The standard InChI is InChI=1S/C15H20ClN5O3/c1-8-11(16)12(19-14(17)18-8)21-5-3-15(4-6-21)9(13(23)24)7-10(22)20(15)2/h9H,3-7H2,1-2H3,(H,23,24)(H2,17,18,19)/t9-/m1/s1. The maximum atomic E-state index is 12.0. The third-order valence-corrected chi connectivity index (χ3v) is 5.76. The van der Waals surface area contributed by atoms with Gasteiger partial charge in [0.15, 0.2) is 5.82 Å². The number of hydrogen-bond acceptors (Lipinski definition) is 6. The van der Waals surface area contributed by atoms with Crippen LogP contribution in [0.25, 0.3) is 0 Å². The van der Waals surface area contributed by atoms with Crippen LogP contribution in [0.2, 0.25) is 5.02 Å². The van der Waals surface area contributed by atoms with Crippen molar-refractivity contribution in [3.05, 3.63) is 10.7 Å². The number of aryl methyl sites for hydroxylation is 1. The van der Waals surface area contributed by atoms with Crippen molar-refractivity contribution < 1.29 is 14.7 Å². The Bertz CT molecular complexity index is 703. The minimum atomic E-state index is -0.915. The lowest BCUT2D eigenvalue weighted by Crippen LogP contribution is -2.56. The first-order chi connectivity index (χ1) is 11.3. The molecule has 0 bridgehead atoms. The number of halogens is 1. The summed E-state index contributed by atoms with van der Waals surface area (Å²) < 4.78 is 0. The number of aliphatic carboxylic acids is 1. The fourth-order valence-electron chi connectivity index (χ4n) is 3.87. The molecule has 0 saturated carbocycles. The van der Waals surface area contributed by atoms with Gasteiger partial charge in [0.25, 0.3) is 0 Å². The summed E-state index contributed by atoms with van der Waals surface area (Å²) in [6, 6.07) is 0. The fourth-order valence-corrected chi connectivity index (χ4v) is 4.07. The highest BCUT2D eigenvalue weighted by molar-refractivity contribution is 6.33. The van der Waals surface area contributed by atoms with E-state index in [0.717, 1.165) is 0 Å². The lowest BCUT2D eigenvalue weighted by atomic mass is 9.77. The van der Waals surface area contributed by atoms with Gasteiger partial charge in [0.1, 0.15) is 5.02 Å². The van der Waals surface area contributed by atoms with Crippen molar-refractivity contribution in [1.29, 1.82) is 0 Å². The number of carboxylic acids is 1. The number of nitrogen functional groups attached to an aromatic ring is 1. The third-order valence-electron chi connectivity index (χ3n) is 5.31. The number of likely N-dealkylation sites (tertiary alicyclic amines) is 1. The van der Waals surface area contributed by atoms with Crippen LogP contribution in [-0.2, 0) is 9.59 Å². The van der Waals surface area contributed by atoms with E-state index in [9.17, 15) is 14.7 Å². The Morgan fingerprint density at radius 3 is 2.58 bits per heavy atom. The van der Waals surface area contributed by atoms with Crippen LogP contribution in [0.1, 0.15) is 25.0 Å². The normalized spacial score (nSPS) is 23.1. The van der Waals surface area contributed by atoms with E-state index in [1.54, 1.807) is 18.9 Å². The molecule has 1 aromatic heterocycles. The zero-order valence-corrected chi connectivity index (χ0v) is 14.4. The Labute approximate surface area is 144 Å². The Kier molecular flexibility index (Phi) is 4.03. The van der Waals surface area contributed by atoms with Crippen molar-refractivity contribution >= 4 is 35.2 Å². The van der Waals surface area contributed by atoms with Gasteiger partial charge in [-0.2, -0.15) is 4.98 Å². The van der Waals surface area contributed by atoms with Crippen molar-refractivity contribution in [3.63, 3.8) is 0 Å². The zero-order valence-electron chi connectivity index (χ0n) is 13.6. The first-order valence-corrected chi connectivity index (χ1v) is 8.18. The maximum Gasteiger partial charge on any atom is 0.309 e. The topological polar surface area (TPSA) is 113 Å². The highest BCUT2D eigenvalue weighted by atomic mass is 35.5. The molecule has 2 saturated heterocycles. The molecular formula is C15H20ClN5O3. The first-order valence-electron chi connectivity index (χ1n) is 7.80. The Morgan fingerprint density at radius 1 is 1.38 bits per heavy atom. The maximum absolute atomic E-state index is 12.0. The van der Waals surface area contributed by atoms with E-state index < -0.39 is 17.4 Å². The summed E-state index contributed by atoms with van der Waals surface area (Å²) in [6.45, 7) is 2.87. The molecule has 0 radical (unpaired) electrons. The number of carbonyl (C=O) groups excluding carboxylic acids is 1. The Hall–Kier alpha value is -2.09. The second-order valence-electron chi connectivity index (χ2n) is 6.44. The van der Waals surface area contributed by atoms with Crippen molar-refractivity contribution in [1.82, 2.24) is 14.9 Å². The highest BCUT2D eigenvalue weighted by Crippen LogP contribution is 2.44. The molecule has 2 aliphatic heterocycles. The molecule has 0 aromatic carbocycles. The average molecular weight is 354 g/mol. The first kappa shape index (κ1) is 16.8. The van der Waals surface area contributed by atoms with E-state index >= 15 is 0 Å². The van der Waals surface area contributed by atoms with Gasteiger partial charge in [0.05, 0.1) is 17.2 Å². The number of anilines is 2. The quantitative estimate of drug-likeness (QED) is 0.812. The van der Waals surface area contributed by atoms with Gasteiger partial charge >= 0.3 is 5.97 Å². The summed E-state index contributed by atoms with van der Waals surface area (Å²) in [7, 11) is 1.70. The number of hydrogen-bond donors (Lipinski definition) is 2. The van der Waals surface area contributed by atoms with Crippen LogP contribution in [0.4, 0.5) is 11.8 Å². The van der Waals surface area contributed by atoms with Gasteiger partial charge in [0, 0.05) is 26.6 Å². The van der Waals surface area contributed by atoms with E-state index in [1.165, 1.54) is 0 Å². The molecule has 1 aromatic rings. The highest BCUT2D eigenvalue weighted by Gasteiger charge is 2.55. The molecule has 0 aliphatic carbocycles. The Morgan fingerprint density at radius 2 is 2.00 bits per heavy atom. The number of carboxylic acid groups (broad SMARTS) is 1. The van der Waals surface area contributed by atoms with Gasteiger partial charge < -0.3 is 20.6 Å². The van der Waals surface area contributed by atoms with Gasteiger partial charge in [-0.1, -0.05) is 11.6 Å². The molecule has 1 atom stereocenters. The molecule has 24 heavy (non-hydrogen) atoms. The molecule has 3 rings (SSSR count). The molecule has 9 heteroatoms. The smallest absolute Gasteiger partial charge is 0.309 e. The number of amides is 1. The molecule has 2 aliphatic rings. The monoisotopic (exact) mass is 353 g/mol. The third kappa shape index (κ3) is 2.45. The number of carbonyl (C=O) groups is 2. The largest absolute Gasteiger partial charge is 0.481 e. The zero-order chi connectivity index (χ0) is 17.6. The summed E-state index contributed by atoms with van der Waals surface area (Å²) in [6.07, 6.45) is 1.16. The van der Waals surface area contributed by atoms with Gasteiger partial charge in [0.2, 0.25) is 11.9 Å². The van der Waals surface area contributed by atoms with Crippen LogP contribution >= 0.6 is 11.6 Å². The fraction of sp³-hybridized carbons (Fsp3) is 0.600. The molecule has 2 fully saturated rings. The average Bonchev–Trinajstić information content (AvgIpc) is 2.77. The van der Waals surface area contributed by atoms with Crippen molar-refractivity contribution in [2.45, 2.75) is 31.7 Å². The second-order valence-corrected chi connectivity index (χ2v) is 6.82. The molecule has 3 heterocycles. The lowest BCUT2D eigenvalue weighted by molar-refractivity contribution is -0.145. The molecule has 130 valence electrons. The molecule has 1 amide bonds. The van der Waals surface area contributed by atoms with E-state index in [1.807, 2.05) is 4.90 Å². The minimum Gasteiger partial charge on any atom is -0.481 e. The van der Waals surface area contributed by atoms with Crippen LogP contribution in [-0.4, -0.2) is 57.5 Å². The minimum absolute atomic E-state index is 0.0617.